The Hall–Kier alpha value is -3.55. The van der Waals surface area contributed by atoms with Crippen LogP contribution in [0.25, 0.3) is 10.8 Å². The van der Waals surface area contributed by atoms with Crippen LogP contribution in [0.2, 0.25) is 0 Å². The van der Waals surface area contributed by atoms with Crippen molar-refractivity contribution in [1.29, 1.82) is 0 Å². The van der Waals surface area contributed by atoms with Crippen molar-refractivity contribution in [1.82, 2.24) is 20.4 Å². The van der Waals surface area contributed by atoms with E-state index in [-0.39, 0.29) is 24.2 Å². The number of methoxy groups -OCH3 is 2. The van der Waals surface area contributed by atoms with Crippen LogP contribution in [0.15, 0.2) is 47.3 Å². The number of carbonyl (C=O) groups is 1. The average molecular weight is 437 g/mol. The highest BCUT2D eigenvalue weighted by Gasteiger charge is 2.21. The number of nitrogens with one attached hydrogen (secondary N) is 2. The Morgan fingerprint density at radius 2 is 1.69 bits per heavy atom. The van der Waals surface area contributed by atoms with Crippen molar-refractivity contribution < 1.29 is 14.3 Å². The van der Waals surface area contributed by atoms with Crippen LogP contribution in [-0.4, -0.2) is 30.0 Å². The molecule has 3 aromatic rings. The Kier molecular flexibility index (Phi) is 6.58. The van der Waals surface area contributed by atoms with Gasteiger partial charge in [0, 0.05) is 11.9 Å². The molecule has 0 saturated heterocycles. The van der Waals surface area contributed by atoms with Crippen LogP contribution in [0, 0.1) is 0 Å². The largest absolute Gasteiger partial charge is 0.493 e. The topological polar surface area (TPSA) is 94.5 Å². The lowest BCUT2D eigenvalue weighted by Crippen LogP contribution is -2.36. The third-order valence-electron chi connectivity index (χ3n) is 5.89. The van der Waals surface area contributed by atoms with Gasteiger partial charge in [0.2, 0.25) is 0 Å². The first-order valence-electron chi connectivity index (χ1n) is 10.8. The molecule has 0 unspecified atom stereocenters. The van der Waals surface area contributed by atoms with Crippen molar-refractivity contribution in [3.05, 3.63) is 64.1 Å². The lowest BCUT2D eigenvalue weighted by atomic mass is 10.1. The molecule has 0 radical (unpaired) electrons. The van der Waals surface area contributed by atoms with E-state index in [0.717, 1.165) is 36.6 Å². The summed E-state index contributed by atoms with van der Waals surface area (Å²) in [5.74, 6) is 1.24. The number of ether oxygens (including phenoxy) is 2. The zero-order valence-electron chi connectivity index (χ0n) is 18.4. The van der Waals surface area contributed by atoms with Gasteiger partial charge in [0.15, 0.2) is 11.5 Å². The number of hydrogen-bond acceptors (Lipinski definition) is 5. The van der Waals surface area contributed by atoms with E-state index >= 15 is 0 Å². The van der Waals surface area contributed by atoms with E-state index in [9.17, 15) is 9.59 Å². The van der Waals surface area contributed by atoms with Crippen LogP contribution in [0.4, 0.5) is 4.79 Å². The van der Waals surface area contributed by atoms with Crippen molar-refractivity contribution >= 4 is 16.8 Å². The van der Waals surface area contributed by atoms with Gasteiger partial charge < -0.3 is 20.1 Å². The molecule has 0 bridgehead atoms. The van der Waals surface area contributed by atoms with Crippen molar-refractivity contribution in [2.75, 3.05) is 14.2 Å². The number of hydrogen-bond donors (Lipinski definition) is 2. The highest BCUT2D eigenvalue weighted by molar-refractivity contribution is 5.84. The molecule has 0 aliphatic heterocycles. The molecule has 2 N–H and O–H groups in total. The van der Waals surface area contributed by atoms with Crippen LogP contribution in [-0.2, 0) is 13.1 Å². The van der Waals surface area contributed by atoms with Gasteiger partial charge in [0.25, 0.3) is 5.56 Å². The molecule has 2 amide bonds. The molecular formula is C24H28N4O4. The minimum absolute atomic E-state index is 0.0610. The number of rotatable bonds is 7. The summed E-state index contributed by atoms with van der Waals surface area (Å²) in [5.41, 5.74) is 1.51. The lowest BCUT2D eigenvalue weighted by Gasteiger charge is -2.16. The molecule has 1 heterocycles. The highest BCUT2D eigenvalue weighted by atomic mass is 16.5. The van der Waals surface area contributed by atoms with Crippen molar-refractivity contribution in [2.45, 2.75) is 44.8 Å². The van der Waals surface area contributed by atoms with Gasteiger partial charge in [-0.25, -0.2) is 9.48 Å². The molecule has 168 valence electrons. The molecule has 0 spiro atoms. The van der Waals surface area contributed by atoms with Crippen LogP contribution >= 0.6 is 0 Å². The zero-order valence-corrected chi connectivity index (χ0v) is 18.4. The fourth-order valence-electron chi connectivity index (χ4n) is 4.20. The molecular weight excluding hydrogens is 408 g/mol. The van der Waals surface area contributed by atoms with Gasteiger partial charge in [-0.2, -0.15) is 5.10 Å². The summed E-state index contributed by atoms with van der Waals surface area (Å²) < 4.78 is 12.2. The average Bonchev–Trinajstić information content (AvgIpc) is 3.37. The predicted molar refractivity (Wildman–Crippen MR) is 122 cm³/mol. The summed E-state index contributed by atoms with van der Waals surface area (Å²) in [6, 6.07) is 12.7. The summed E-state index contributed by atoms with van der Waals surface area (Å²) in [6.07, 6.45) is 4.14. The Bertz CT molecular complexity index is 1170. The molecule has 0 atom stereocenters. The smallest absolute Gasteiger partial charge is 0.315 e. The fraction of sp³-hybridized carbons (Fsp3) is 0.375. The lowest BCUT2D eigenvalue weighted by molar-refractivity contribution is 0.240. The molecule has 8 nitrogen and oxygen atoms in total. The molecule has 4 rings (SSSR count). The maximum atomic E-state index is 12.9. The summed E-state index contributed by atoms with van der Waals surface area (Å²) in [5, 5.41) is 11.8. The number of carbonyl (C=O) groups excluding carboxylic acids is 1. The molecule has 1 aliphatic rings. The minimum atomic E-state index is -0.315. The van der Waals surface area contributed by atoms with Crippen molar-refractivity contribution in [2.24, 2.45) is 0 Å². The Morgan fingerprint density at radius 1 is 1.00 bits per heavy atom. The SMILES string of the molecule is COc1ccc(CNC(=O)NCc2nn(C3CCCC3)c(=O)c3ccccc23)cc1OC. The Morgan fingerprint density at radius 3 is 2.41 bits per heavy atom. The molecule has 2 aromatic carbocycles. The van der Waals surface area contributed by atoms with Crippen LogP contribution in [0.5, 0.6) is 11.5 Å². The maximum absolute atomic E-state index is 12.9. The summed E-state index contributed by atoms with van der Waals surface area (Å²) >= 11 is 0. The number of nitrogens with zero attached hydrogens (tertiary/aromatic N) is 2. The van der Waals surface area contributed by atoms with Crippen LogP contribution in [0.3, 0.4) is 0 Å². The predicted octanol–water partition coefficient (Wildman–Crippen LogP) is 3.53. The van der Waals surface area contributed by atoms with Crippen LogP contribution < -0.4 is 25.7 Å². The first-order valence-corrected chi connectivity index (χ1v) is 10.8. The third kappa shape index (κ3) is 4.54. The summed E-state index contributed by atoms with van der Waals surface area (Å²) in [4.78, 5) is 25.4. The standard InChI is InChI=1S/C24H28N4O4/c1-31-21-12-11-16(13-22(21)32-2)14-25-24(30)26-15-20-18-9-5-6-10-19(18)23(29)28(27-20)17-7-3-4-8-17/h5-6,9-13,17H,3-4,7-8,14-15H2,1-2H3,(H2,25,26,30). The normalized spacial score (nSPS) is 13.8. The van der Waals surface area contributed by atoms with Gasteiger partial charge in [-0.05, 0) is 36.6 Å². The quantitative estimate of drug-likeness (QED) is 0.591. The molecule has 1 saturated carbocycles. The second-order valence-electron chi connectivity index (χ2n) is 7.91. The summed E-state index contributed by atoms with van der Waals surface area (Å²) in [7, 11) is 3.15. The zero-order chi connectivity index (χ0) is 22.5. The molecule has 1 fully saturated rings. The van der Waals surface area contributed by atoms with E-state index < -0.39 is 0 Å². The number of fused-ring (bicyclic) bond motifs is 1. The van der Waals surface area contributed by atoms with Gasteiger partial charge in [-0.1, -0.05) is 37.1 Å². The molecule has 8 heteroatoms. The van der Waals surface area contributed by atoms with Crippen LogP contribution in [0.1, 0.15) is 43.0 Å². The van der Waals surface area contributed by atoms with Crippen molar-refractivity contribution in [3.63, 3.8) is 0 Å². The number of urea groups is 1. The molecule has 1 aromatic heterocycles. The van der Waals surface area contributed by atoms with E-state index in [4.69, 9.17) is 9.47 Å². The van der Waals surface area contributed by atoms with E-state index in [1.807, 2.05) is 36.4 Å². The maximum Gasteiger partial charge on any atom is 0.315 e. The van der Waals surface area contributed by atoms with Crippen molar-refractivity contribution in [3.8, 4) is 11.5 Å². The minimum Gasteiger partial charge on any atom is -0.493 e. The first kappa shape index (κ1) is 21.7. The Labute approximate surface area is 186 Å². The molecule has 1 aliphatic carbocycles. The monoisotopic (exact) mass is 436 g/mol. The van der Waals surface area contributed by atoms with E-state index in [1.165, 1.54) is 0 Å². The van der Waals surface area contributed by atoms with E-state index in [2.05, 4.69) is 15.7 Å². The van der Waals surface area contributed by atoms with Gasteiger partial charge in [0.05, 0.1) is 37.9 Å². The number of amides is 2. The van der Waals surface area contributed by atoms with Gasteiger partial charge in [-0.15, -0.1) is 0 Å². The van der Waals surface area contributed by atoms with Gasteiger partial charge in [0.1, 0.15) is 0 Å². The van der Waals surface area contributed by atoms with E-state index in [1.54, 1.807) is 25.0 Å². The Balaban J connectivity index is 1.46. The number of aromatic nitrogens is 2. The van der Waals surface area contributed by atoms with Gasteiger partial charge >= 0.3 is 6.03 Å². The summed E-state index contributed by atoms with van der Waals surface area (Å²) in [6.45, 7) is 0.563. The second kappa shape index (κ2) is 9.72. The number of benzene rings is 2. The van der Waals surface area contributed by atoms with E-state index in [0.29, 0.717) is 29.1 Å². The fourth-order valence-corrected chi connectivity index (χ4v) is 4.20. The highest BCUT2D eigenvalue weighted by Crippen LogP contribution is 2.29. The second-order valence-corrected chi connectivity index (χ2v) is 7.91. The first-order chi connectivity index (χ1) is 15.6. The third-order valence-corrected chi connectivity index (χ3v) is 5.89. The molecule has 32 heavy (non-hydrogen) atoms. The van der Waals surface area contributed by atoms with Gasteiger partial charge in [-0.3, -0.25) is 4.79 Å².